The van der Waals surface area contributed by atoms with Gasteiger partial charge in [-0.25, -0.2) is 4.79 Å². The number of halogens is 4. The molecule has 3 aromatic carbocycles. The lowest BCUT2D eigenvalue weighted by atomic mass is 10.0. The molecule has 2 heterocycles. The number of hydrogen-bond donors (Lipinski definition) is 0. The van der Waals surface area contributed by atoms with E-state index in [1.54, 1.807) is 18.2 Å². The molecule has 14 heteroatoms. The zero-order valence-corrected chi connectivity index (χ0v) is 25.6. The van der Waals surface area contributed by atoms with Crippen LogP contribution in [0.3, 0.4) is 0 Å². The third kappa shape index (κ3) is 8.39. The molecule has 10 nitrogen and oxygen atoms in total. The maximum atomic E-state index is 13.1. The van der Waals surface area contributed by atoms with Crippen LogP contribution in [0.2, 0.25) is 10.0 Å². The van der Waals surface area contributed by atoms with E-state index in [1.165, 1.54) is 74.5 Å². The highest BCUT2D eigenvalue weighted by Crippen LogP contribution is 2.43. The Hall–Kier alpha value is -4.52. The molecular weight excluding hydrogens is 649 g/mol. The number of carbonyl (C=O) groups excluding carboxylic acids is 1. The maximum Gasteiger partial charge on any atom is 0.387 e. The van der Waals surface area contributed by atoms with E-state index in [1.807, 2.05) is 0 Å². The average Bonchev–Trinajstić information content (AvgIpc) is 3.63. The zero-order chi connectivity index (χ0) is 32.8. The first-order valence-electron chi connectivity index (χ1n) is 13.9. The molecule has 1 aliphatic carbocycles. The van der Waals surface area contributed by atoms with E-state index in [2.05, 4.69) is 9.72 Å². The van der Waals surface area contributed by atoms with E-state index in [-0.39, 0.29) is 39.2 Å². The number of nitrogens with zero attached hydrogens (tertiary/aromatic N) is 2. The van der Waals surface area contributed by atoms with Crippen molar-refractivity contribution < 1.29 is 42.2 Å². The second-order valence-corrected chi connectivity index (χ2v) is 11.0. The number of nitro groups is 1. The molecule has 0 spiro atoms. The third-order valence-electron chi connectivity index (χ3n) is 7.12. The molecule has 0 amide bonds. The normalized spacial score (nSPS) is 16.6. The van der Waals surface area contributed by atoms with Gasteiger partial charge in [0.05, 0.1) is 40.4 Å². The first-order valence-corrected chi connectivity index (χ1v) is 14.6. The van der Waals surface area contributed by atoms with Crippen molar-refractivity contribution in [3.63, 3.8) is 0 Å². The van der Waals surface area contributed by atoms with Crippen molar-refractivity contribution in [1.82, 2.24) is 4.98 Å². The summed E-state index contributed by atoms with van der Waals surface area (Å²) >= 11 is 12.7. The van der Waals surface area contributed by atoms with Gasteiger partial charge in [-0.05, 0) is 66.1 Å². The van der Waals surface area contributed by atoms with Crippen LogP contribution >= 0.6 is 23.2 Å². The first-order chi connectivity index (χ1) is 22.1. The number of carbonyl (C=O) groups is 1. The largest absolute Gasteiger partial charge is 0.493 e. The summed E-state index contributed by atoms with van der Waals surface area (Å²) in [6.45, 7) is -1.95. The highest BCUT2D eigenvalue weighted by atomic mass is 35.5. The molecule has 240 valence electrons. The molecular formula is C32H26Cl2F2N2O8. The molecule has 3 unspecified atom stereocenters. The number of rotatable bonds is 11. The van der Waals surface area contributed by atoms with Crippen LogP contribution in [0, 0.1) is 16.0 Å². The van der Waals surface area contributed by atoms with Crippen molar-refractivity contribution in [3.8, 4) is 23.0 Å². The summed E-state index contributed by atoms with van der Waals surface area (Å²) in [4.78, 5) is 27.5. The van der Waals surface area contributed by atoms with E-state index < -0.39 is 23.6 Å². The molecule has 6 rings (SSSR count). The monoisotopic (exact) mass is 674 g/mol. The number of methoxy groups -OCH3 is 1. The fourth-order valence-corrected chi connectivity index (χ4v) is 5.00. The van der Waals surface area contributed by atoms with Gasteiger partial charge in [-0.2, -0.15) is 8.78 Å². The Morgan fingerprint density at radius 2 is 1.67 bits per heavy atom. The molecule has 1 aliphatic heterocycles. The minimum absolute atomic E-state index is 0.0435. The van der Waals surface area contributed by atoms with E-state index in [9.17, 15) is 23.7 Å². The fourth-order valence-electron chi connectivity index (χ4n) is 4.48. The van der Waals surface area contributed by atoms with Crippen molar-refractivity contribution in [2.24, 2.45) is 5.92 Å². The molecule has 0 N–H and O–H groups in total. The predicted molar refractivity (Wildman–Crippen MR) is 163 cm³/mol. The van der Waals surface area contributed by atoms with Crippen molar-refractivity contribution in [1.29, 1.82) is 0 Å². The average molecular weight is 675 g/mol. The Labute approximate surface area is 271 Å². The van der Waals surface area contributed by atoms with Gasteiger partial charge in [0.2, 0.25) is 0 Å². The number of hydrogen-bond acceptors (Lipinski definition) is 9. The highest BCUT2D eigenvalue weighted by Gasteiger charge is 2.46. The number of alkyl halides is 2. The minimum Gasteiger partial charge on any atom is -0.493 e. The van der Waals surface area contributed by atoms with Crippen LogP contribution in [0.4, 0.5) is 14.5 Å². The van der Waals surface area contributed by atoms with Gasteiger partial charge in [0.15, 0.2) is 11.5 Å². The number of nitro benzene ring substituents is 1. The Balaban J connectivity index is 0.000000746. The van der Waals surface area contributed by atoms with Gasteiger partial charge in [0.1, 0.15) is 17.6 Å². The lowest BCUT2D eigenvalue weighted by molar-refractivity contribution is -0.384. The Kier molecular flexibility index (Phi) is 10.5. The number of esters is 1. The van der Waals surface area contributed by atoms with Crippen molar-refractivity contribution in [2.45, 2.75) is 31.7 Å². The van der Waals surface area contributed by atoms with Gasteiger partial charge in [-0.3, -0.25) is 15.1 Å². The number of benzene rings is 3. The lowest BCUT2D eigenvalue weighted by Gasteiger charge is -2.21. The smallest absolute Gasteiger partial charge is 0.387 e. The van der Waals surface area contributed by atoms with Crippen LogP contribution in [0.1, 0.15) is 34.0 Å². The van der Waals surface area contributed by atoms with E-state index in [0.29, 0.717) is 22.6 Å². The molecule has 1 saturated carbocycles. The molecule has 0 radical (unpaired) electrons. The number of pyridine rings is 1. The van der Waals surface area contributed by atoms with Crippen LogP contribution in [0.5, 0.6) is 23.0 Å². The Bertz CT molecular complexity index is 1660. The van der Waals surface area contributed by atoms with Crippen molar-refractivity contribution in [2.75, 3.05) is 13.7 Å². The maximum absolute atomic E-state index is 13.1. The van der Waals surface area contributed by atoms with E-state index in [0.717, 1.165) is 18.6 Å². The van der Waals surface area contributed by atoms with Gasteiger partial charge in [-0.15, -0.1) is 0 Å². The zero-order valence-electron chi connectivity index (χ0n) is 24.1. The molecule has 4 aromatic rings. The number of fused-ring (bicyclic) bond motifs is 1. The van der Waals surface area contributed by atoms with E-state index in [4.69, 9.17) is 42.1 Å². The Morgan fingerprint density at radius 1 is 1.02 bits per heavy atom. The number of ether oxygens (including phenoxy) is 5. The second-order valence-electron chi connectivity index (χ2n) is 10.2. The molecule has 1 aromatic heterocycles. The topological polar surface area (TPSA) is 119 Å². The highest BCUT2D eigenvalue weighted by molar-refractivity contribution is 6.35. The van der Waals surface area contributed by atoms with Crippen LogP contribution < -0.4 is 14.2 Å². The van der Waals surface area contributed by atoms with Gasteiger partial charge >= 0.3 is 12.6 Å². The summed E-state index contributed by atoms with van der Waals surface area (Å²) in [7, 11) is 1.44. The summed E-state index contributed by atoms with van der Waals surface area (Å²) in [6, 6.07) is 15.3. The van der Waals surface area contributed by atoms with Crippen LogP contribution in [0.15, 0.2) is 79.1 Å². The van der Waals surface area contributed by atoms with Crippen LogP contribution in [-0.4, -0.2) is 42.3 Å². The minimum atomic E-state index is -3.01. The number of non-ortho nitro benzene ring substituents is 1. The number of aromatic nitrogens is 1. The van der Waals surface area contributed by atoms with E-state index >= 15 is 0 Å². The summed E-state index contributed by atoms with van der Waals surface area (Å²) in [5.74, 6) is 1.01. The quantitative estimate of drug-likeness (QED) is 0.0880. The summed E-state index contributed by atoms with van der Waals surface area (Å²) in [5, 5.41) is 11.5. The van der Waals surface area contributed by atoms with Gasteiger partial charge in [-0.1, -0.05) is 29.3 Å². The lowest BCUT2D eigenvalue weighted by Crippen LogP contribution is -2.15. The van der Waals surface area contributed by atoms with Crippen molar-refractivity contribution >= 4 is 34.9 Å². The van der Waals surface area contributed by atoms with Gasteiger partial charge < -0.3 is 23.7 Å². The molecule has 0 bridgehead atoms. The van der Waals surface area contributed by atoms with Gasteiger partial charge in [0, 0.05) is 36.9 Å². The molecule has 46 heavy (non-hydrogen) atoms. The van der Waals surface area contributed by atoms with Crippen LogP contribution in [0.25, 0.3) is 0 Å². The fraction of sp³-hybridized carbons (Fsp3) is 0.250. The third-order valence-corrected chi connectivity index (χ3v) is 7.77. The predicted octanol–water partition coefficient (Wildman–Crippen LogP) is 8.24. The SMILES string of the molecule is C1OC2CC12.COc1ccc(C(Cc2c(Cl)cncc2Cl)OC(=O)c2ccc(OC(F)F)cc2)cc1Oc1ccc([N+](=O)[O-])cc1. The molecule has 3 atom stereocenters. The molecule has 1 saturated heterocycles. The summed E-state index contributed by atoms with van der Waals surface area (Å²) < 4.78 is 51.5. The molecule has 2 aliphatic rings. The van der Waals surface area contributed by atoms with Crippen molar-refractivity contribution in [3.05, 3.63) is 116 Å². The Morgan fingerprint density at radius 3 is 2.20 bits per heavy atom. The summed E-state index contributed by atoms with van der Waals surface area (Å²) in [6.07, 6.45) is 3.99. The standard InChI is InChI=1S/C28H20Cl2F2N2O7.C4H6O/c1-38-24-11-4-17(12-26(24)39-19-9-5-18(6-10-19)34(36)37)25(13-21-22(29)14-33-15-23(21)30)41-27(35)16-2-7-20(8-3-16)40-28(31)32;1-3-2-5-4(1)3/h2-12,14-15,25,28H,13H2,1H3;3-4H,1-2H2. The summed E-state index contributed by atoms with van der Waals surface area (Å²) in [5.41, 5.74) is 0.914. The molecule has 2 fully saturated rings. The first kappa shape index (κ1) is 32.9. The second kappa shape index (κ2) is 14.7. The van der Waals surface area contributed by atoms with Gasteiger partial charge in [0.25, 0.3) is 5.69 Å². The van der Waals surface area contributed by atoms with Crippen LogP contribution in [-0.2, 0) is 15.9 Å².